The summed E-state index contributed by atoms with van der Waals surface area (Å²) in [5, 5.41) is 3.51. The first kappa shape index (κ1) is 19.2. The van der Waals surface area contributed by atoms with Crippen LogP contribution in [0.3, 0.4) is 0 Å². The number of rotatable bonds is 3. The minimum atomic E-state index is -2.53. The summed E-state index contributed by atoms with van der Waals surface area (Å²) in [4.78, 5) is 22.1. The van der Waals surface area contributed by atoms with Gasteiger partial charge in [0, 0.05) is 69.6 Å². The molecule has 1 aromatic heterocycles. The van der Waals surface area contributed by atoms with Gasteiger partial charge in [0.15, 0.2) is 0 Å². The van der Waals surface area contributed by atoms with Crippen molar-refractivity contribution in [2.24, 2.45) is 5.92 Å². The monoisotopic (exact) mass is 404 g/mol. The molecule has 29 heavy (non-hydrogen) atoms. The van der Waals surface area contributed by atoms with Crippen molar-refractivity contribution in [2.75, 3.05) is 24.5 Å². The maximum Gasteiger partial charge on any atom is 0.248 e. The third kappa shape index (κ3) is 3.86. The van der Waals surface area contributed by atoms with Crippen molar-refractivity contribution < 1.29 is 13.6 Å². The van der Waals surface area contributed by atoms with Crippen molar-refractivity contribution in [2.45, 2.75) is 75.9 Å². The molecule has 4 heterocycles. The van der Waals surface area contributed by atoms with Gasteiger partial charge in [-0.1, -0.05) is 6.07 Å². The molecule has 2 bridgehead atoms. The van der Waals surface area contributed by atoms with Gasteiger partial charge in [-0.25, -0.2) is 13.8 Å². The van der Waals surface area contributed by atoms with Crippen LogP contribution < -0.4 is 10.2 Å². The Morgan fingerprint density at radius 3 is 2.59 bits per heavy atom. The maximum atomic E-state index is 13.3. The Labute approximate surface area is 170 Å². The molecule has 2 unspecified atom stereocenters. The number of fused-ring (bicyclic) bond motifs is 3. The Balaban J connectivity index is 1.22. The molecule has 4 aliphatic rings. The average molecular weight is 405 g/mol. The molecule has 2 atom stereocenters. The molecule has 1 N–H and O–H groups in total. The standard InChI is InChI=1S/C22H30F2N4O/c23-22(24)8-5-15(6-9-22)11-21(29)27-10-7-19-16(14-27)1-4-20(26-19)28-17-2-3-18(28)13-25-12-17/h1,4,15,17-18,25H,2-3,5-14H2. The first-order valence-electron chi connectivity index (χ1n) is 11.1. The second kappa shape index (κ2) is 7.49. The highest BCUT2D eigenvalue weighted by molar-refractivity contribution is 5.76. The van der Waals surface area contributed by atoms with E-state index in [1.807, 2.05) is 4.90 Å². The van der Waals surface area contributed by atoms with Crippen molar-refractivity contribution in [3.63, 3.8) is 0 Å². The predicted molar refractivity (Wildman–Crippen MR) is 107 cm³/mol. The molecule has 1 amide bonds. The van der Waals surface area contributed by atoms with E-state index in [2.05, 4.69) is 22.3 Å². The van der Waals surface area contributed by atoms with E-state index in [9.17, 15) is 13.6 Å². The lowest BCUT2D eigenvalue weighted by Crippen LogP contribution is -2.52. The van der Waals surface area contributed by atoms with Gasteiger partial charge < -0.3 is 15.1 Å². The quantitative estimate of drug-likeness (QED) is 0.841. The van der Waals surface area contributed by atoms with Crippen molar-refractivity contribution in [1.82, 2.24) is 15.2 Å². The molecule has 3 fully saturated rings. The number of alkyl halides is 2. The molecule has 1 saturated carbocycles. The van der Waals surface area contributed by atoms with Crippen LogP contribution in [0.1, 0.15) is 56.2 Å². The summed E-state index contributed by atoms with van der Waals surface area (Å²) in [6.45, 7) is 3.34. The van der Waals surface area contributed by atoms with Crippen molar-refractivity contribution in [3.8, 4) is 0 Å². The van der Waals surface area contributed by atoms with E-state index >= 15 is 0 Å². The molecule has 1 aliphatic carbocycles. The van der Waals surface area contributed by atoms with Gasteiger partial charge in [0.2, 0.25) is 11.8 Å². The first-order valence-corrected chi connectivity index (χ1v) is 11.1. The molecule has 5 rings (SSSR count). The van der Waals surface area contributed by atoms with Gasteiger partial charge in [0.1, 0.15) is 5.82 Å². The molecule has 0 aromatic carbocycles. The number of halogens is 2. The lowest BCUT2D eigenvalue weighted by molar-refractivity contribution is -0.134. The highest BCUT2D eigenvalue weighted by Crippen LogP contribution is 2.38. The highest BCUT2D eigenvalue weighted by atomic mass is 19.3. The van der Waals surface area contributed by atoms with Gasteiger partial charge in [-0.2, -0.15) is 0 Å². The number of anilines is 1. The first-order chi connectivity index (χ1) is 14.0. The topological polar surface area (TPSA) is 48.5 Å². The summed E-state index contributed by atoms with van der Waals surface area (Å²) in [6.07, 6.45) is 4.41. The largest absolute Gasteiger partial charge is 0.348 e. The van der Waals surface area contributed by atoms with Gasteiger partial charge in [-0.15, -0.1) is 0 Å². The van der Waals surface area contributed by atoms with Crippen LogP contribution in [0, 0.1) is 5.92 Å². The molecule has 0 radical (unpaired) electrons. The summed E-state index contributed by atoms with van der Waals surface area (Å²) in [5.74, 6) is -1.24. The molecule has 5 nitrogen and oxygen atoms in total. The van der Waals surface area contributed by atoms with Crippen LogP contribution >= 0.6 is 0 Å². The van der Waals surface area contributed by atoms with Gasteiger partial charge in [0.05, 0.1) is 0 Å². The lowest BCUT2D eigenvalue weighted by atomic mass is 9.84. The molecule has 0 spiro atoms. The van der Waals surface area contributed by atoms with Crippen LogP contribution in [0.15, 0.2) is 12.1 Å². The number of hydrogen-bond donors (Lipinski definition) is 1. The molecule has 2 saturated heterocycles. The number of carbonyl (C=O) groups excluding carboxylic acids is 1. The zero-order valence-corrected chi connectivity index (χ0v) is 16.9. The Bertz CT molecular complexity index is 760. The van der Waals surface area contributed by atoms with Crippen molar-refractivity contribution in [1.29, 1.82) is 0 Å². The van der Waals surface area contributed by atoms with Crippen LogP contribution in [-0.4, -0.2) is 53.4 Å². The molecule has 3 aliphatic heterocycles. The average Bonchev–Trinajstić information content (AvgIpc) is 2.97. The number of carbonyl (C=O) groups is 1. The van der Waals surface area contributed by atoms with E-state index in [-0.39, 0.29) is 24.7 Å². The normalized spacial score (nSPS) is 29.0. The number of piperazine rings is 1. The Morgan fingerprint density at radius 1 is 1.14 bits per heavy atom. The predicted octanol–water partition coefficient (Wildman–Crippen LogP) is 3.12. The molecule has 1 aromatic rings. The smallest absolute Gasteiger partial charge is 0.248 e. The zero-order chi connectivity index (χ0) is 20.0. The van der Waals surface area contributed by atoms with Crippen LogP contribution in [0.2, 0.25) is 0 Å². The molecular formula is C22H30F2N4O. The summed E-state index contributed by atoms with van der Waals surface area (Å²) in [5.41, 5.74) is 2.24. The van der Waals surface area contributed by atoms with Gasteiger partial charge in [-0.05, 0) is 43.2 Å². The summed E-state index contributed by atoms with van der Waals surface area (Å²) >= 11 is 0. The van der Waals surface area contributed by atoms with E-state index in [1.54, 1.807) is 0 Å². The second-order valence-corrected chi connectivity index (χ2v) is 9.29. The van der Waals surface area contributed by atoms with Crippen LogP contribution in [0.25, 0.3) is 0 Å². The number of aromatic nitrogens is 1. The van der Waals surface area contributed by atoms with Gasteiger partial charge >= 0.3 is 0 Å². The lowest BCUT2D eigenvalue weighted by Gasteiger charge is -2.37. The van der Waals surface area contributed by atoms with Gasteiger partial charge in [0.25, 0.3) is 0 Å². The Hall–Kier alpha value is -1.76. The number of nitrogens with zero attached hydrogens (tertiary/aromatic N) is 3. The van der Waals surface area contributed by atoms with Crippen molar-refractivity contribution in [3.05, 3.63) is 23.4 Å². The summed E-state index contributed by atoms with van der Waals surface area (Å²) in [6, 6.07) is 5.35. The van der Waals surface area contributed by atoms with Crippen LogP contribution in [0.4, 0.5) is 14.6 Å². The SMILES string of the molecule is O=C(CC1CCC(F)(F)CC1)N1CCc2nc(N3C4CCC3CNC4)ccc2C1. The van der Waals surface area contributed by atoms with Crippen molar-refractivity contribution >= 4 is 11.7 Å². The fourth-order valence-electron chi connectivity index (χ4n) is 5.59. The number of pyridine rings is 1. The fourth-order valence-corrected chi connectivity index (χ4v) is 5.59. The Kier molecular flexibility index (Phi) is 4.96. The Morgan fingerprint density at radius 2 is 1.86 bits per heavy atom. The third-order valence-corrected chi connectivity index (χ3v) is 7.33. The zero-order valence-electron chi connectivity index (χ0n) is 16.9. The molecule has 7 heteroatoms. The number of hydrogen-bond acceptors (Lipinski definition) is 4. The van der Waals surface area contributed by atoms with E-state index in [0.717, 1.165) is 36.6 Å². The molecule has 158 valence electrons. The van der Waals surface area contributed by atoms with E-state index in [0.29, 0.717) is 44.4 Å². The van der Waals surface area contributed by atoms with Crippen LogP contribution in [0.5, 0.6) is 0 Å². The minimum Gasteiger partial charge on any atom is -0.348 e. The summed E-state index contributed by atoms with van der Waals surface area (Å²) < 4.78 is 26.7. The fraction of sp³-hybridized carbons (Fsp3) is 0.727. The van der Waals surface area contributed by atoms with Crippen LogP contribution in [-0.2, 0) is 17.8 Å². The van der Waals surface area contributed by atoms with Gasteiger partial charge in [-0.3, -0.25) is 4.79 Å². The second-order valence-electron chi connectivity index (χ2n) is 9.29. The number of nitrogens with one attached hydrogen (secondary N) is 1. The van der Waals surface area contributed by atoms with E-state index < -0.39 is 5.92 Å². The third-order valence-electron chi connectivity index (χ3n) is 7.33. The minimum absolute atomic E-state index is 0.0749. The maximum absolute atomic E-state index is 13.3. The molecular weight excluding hydrogens is 374 g/mol. The number of amides is 1. The highest BCUT2D eigenvalue weighted by Gasteiger charge is 2.38. The van der Waals surface area contributed by atoms with E-state index in [4.69, 9.17) is 4.98 Å². The van der Waals surface area contributed by atoms with E-state index in [1.165, 1.54) is 12.8 Å². The summed E-state index contributed by atoms with van der Waals surface area (Å²) in [7, 11) is 0.